The molecule has 31 heavy (non-hydrogen) atoms. The van der Waals surface area contributed by atoms with Gasteiger partial charge in [0.05, 0.1) is 36.5 Å². The largest absolute Gasteiger partial charge is 0.497 e. The van der Waals surface area contributed by atoms with Gasteiger partial charge in [-0.3, -0.25) is 9.79 Å². The lowest BCUT2D eigenvalue weighted by Gasteiger charge is -2.14. The van der Waals surface area contributed by atoms with Gasteiger partial charge in [0.25, 0.3) is 5.56 Å². The molecule has 6 heteroatoms. The van der Waals surface area contributed by atoms with Gasteiger partial charge in [0.1, 0.15) is 11.5 Å². The van der Waals surface area contributed by atoms with E-state index < -0.39 is 0 Å². The molecular weight excluding hydrogens is 392 g/mol. The summed E-state index contributed by atoms with van der Waals surface area (Å²) in [6.07, 6.45) is 1.58. The van der Waals surface area contributed by atoms with Crippen molar-refractivity contribution in [2.45, 2.75) is 6.92 Å². The van der Waals surface area contributed by atoms with Crippen LogP contribution in [-0.2, 0) is 0 Å². The van der Waals surface area contributed by atoms with Gasteiger partial charge in [0.15, 0.2) is 0 Å². The number of fused-ring (bicyclic) bond motifs is 1. The Balaban J connectivity index is 1.96. The maximum absolute atomic E-state index is 13.3. The molecule has 1 N–H and O–H groups in total. The molecule has 0 unspecified atom stereocenters. The Bertz CT molecular complexity index is 1320. The van der Waals surface area contributed by atoms with Crippen LogP contribution in [0.4, 0.5) is 5.69 Å². The topological polar surface area (TPSA) is 73.1 Å². The van der Waals surface area contributed by atoms with Crippen molar-refractivity contribution in [3.8, 4) is 23.1 Å². The summed E-state index contributed by atoms with van der Waals surface area (Å²) in [4.78, 5) is 17.8. The third-order valence-corrected chi connectivity index (χ3v) is 5.11. The predicted octanol–water partition coefficient (Wildman–Crippen LogP) is 4.77. The van der Waals surface area contributed by atoms with Crippen molar-refractivity contribution in [3.05, 3.63) is 88.2 Å². The Kier molecular flexibility index (Phi) is 5.45. The van der Waals surface area contributed by atoms with E-state index in [4.69, 9.17) is 9.47 Å². The molecule has 0 aliphatic carbocycles. The van der Waals surface area contributed by atoms with Crippen molar-refractivity contribution < 1.29 is 14.6 Å². The molecule has 0 saturated carbocycles. The van der Waals surface area contributed by atoms with E-state index in [2.05, 4.69) is 4.99 Å². The Morgan fingerprint density at radius 3 is 2.16 bits per heavy atom. The van der Waals surface area contributed by atoms with Crippen LogP contribution in [0.3, 0.4) is 0 Å². The molecule has 1 heterocycles. The van der Waals surface area contributed by atoms with Gasteiger partial charge in [-0.05, 0) is 61.5 Å². The summed E-state index contributed by atoms with van der Waals surface area (Å²) in [6, 6.07) is 19.8. The lowest BCUT2D eigenvalue weighted by atomic mass is 10.1. The van der Waals surface area contributed by atoms with E-state index in [1.165, 1.54) is 4.57 Å². The molecule has 4 aromatic rings. The first-order valence-corrected chi connectivity index (χ1v) is 9.72. The van der Waals surface area contributed by atoms with Crippen LogP contribution in [0.2, 0.25) is 0 Å². The lowest BCUT2D eigenvalue weighted by Crippen LogP contribution is -2.20. The van der Waals surface area contributed by atoms with Crippen molar-refractivity contribution in [3.63, 3.8) is 0 Å². The number of rotatable bonds is 5. The standard InChI is InChI=1S/C25H22N2O4/c1-16-4-6-17(7-5-16)26-15-23-21-13-12-20(31-3)14-22(21)24(28)27(25(23)29)18-8-10-19(30-2)11-9-18/h4-15,29H,1-3H3. The molecule has 3 aromatic carbocycles. The highest BCUT2D eigenvalue weighted by Crippen LogP contribution is 2.29. The van der Waals surface area contributed by atoms with Gasteiger partial charge < -0.3 is 14.6 Å². The van der Waals surface area contributed by atoms with E-state index in [9.17, 15) is 9.90 Å². The molecule has 0 aliphatic rings. The Morgan fingerprint density at radius 2 is 1.52 bits per heavy atom. The monoisotopic (exact) mass is 414 g/mol. The first-order chi connectivity index (χ1) is 15.0. The first kappa shape index (κ1) is 20.2. The van der Waals surface area contributed by atoms with Gasteiger partial charge in [-0.2, -0.15) is 0 Å². The minimum atomic E-state index is -0.357. The summed E-state index contributed by atoms with van der Waals surface area (Å²) in [5, 5.41) is 12.1. The Labute approximate surface area is 179 Å². The quantitative estimate of drug-likeness (QED) is 0.477. The molecule has 0 amide bonds. The number of methoxy groups -OCH3 is 2. The zero-order chi connectivity index (χ0) is 22.0. The number of aromatic nitrogens is 1. The van der Waals surface area contributed by atoms with Crippen LogP contribution >= 0.6 is 0 Å². The maximum Gasteiger partial charge on any atom is 0.265 e. The molecule has 0 bridgehead atoms. The number of hydrogen-bond acceptors (Lipinski definition) is 5. The number of aliphatic imine (C=N–C) groups is 1. The highest BCUT2D eigenvalue weighted by atomic mass is 16.5. The van der Waals surface area contributed by atoms with Gasteiger partial charge in [-0.15, -0.1) is 0 Å². The number of hydrogen-bond donors (Lipinski definition) is 1. The van der Waals surface area contributed by atoms with E-state index in [0.29, 0.717) is 33.5 Å². The number of aryl methyl sites for hydroxylation is 1. The van der Waals surface area contributed by atoms with Crippen molar-refractivity contribution in [2.75, 3.05) is 14.2 Å². The van der Waals surface area contributed by atoms with E-state index in [0.717, 1.165) is 11.3 Å². The summed E-state index contributed by atoms with van der Waals surface area (Å²) >= 11 is 0. The third kappa shape index (κ3) is 3.88. The fourth-order valence-corrected chi connectivity index (χ4v) is 3.39. The molecule has 1 aromatic heterocycles. The molecule has 0 saturated heterocycles. The zero-order valence-electron chi connectivity index (χ0n) is 17.5. The number of ether oxygens (including phenoxy) is 2. The van der Waals surface area contributed by atoms with Gasteiger partial charge in [0.2, 0.25) is 5.88 Å². The van der Waals surface area contributed by atoms with Gasteiger partial charge >= 0.3 is 0 Å². The highest BCUT2D eigenvalue weighted by Gasteiger charge is 2.17. The number of aromatic hydroxyl groups is 1. The number of nitrogens with zero attached hydrogens (tertiary/aromatic N) is 2. The van der Waals surface area contributed by atoms with Gasteiger partial charge in [-0.25, -0.2) is 4.57 Å². The fraction of sp³-hybridized carbons (Fsp3) is 0.120. The summed E-state index contributed by atoms with van der Waals surface area (Å²) in [5.41, 5.74) is 2.47. The minimum Gasteiger partial charge on any atom is -0.497 e. The van der Waals surface area contributed by atoms with Crippen LogP contribution in [0.15, 0.2) is 76.5 Å². The van der Waals surface area contributed by atoms with E-state index in [1.54, 1.807) is 62.9 Å². The fourth-order valence-electron chi connectivity index (χ4n) is 3.39. The van der Waals surface area contributed by atoms with Crippen LogP contribution in [0.5, 0.6) is 17.4 Å². The molecule has 0 aliphatic heterocycles. The summed E-state index contributed by atoms with van der Waals surface area (Å²) in [5.74, 6) is 1.02. The second kappa shape index (κ2) is 8.36. The minimum absolute atomic E-state index is 0.191. The van der Waals surface area contributed by atoms with Crippen LogP contribution in [-0.4, -0.2) is 30.1 Å². The van der Waals surface area contributed by atoms with Crippen LogP contribution in [0, 0.1) is 6.92 Å². The van der Waals surface area contributed by atoms with Gasteiger partial charge in [0, 0.05) is 11.6 Å². The Morgan fingerprint density at radius 1 is 0.871 bits per heavy atom. The van der Waals surface area contributed by atoms with E-state index >= 15 is 0 Å². The van der Waals surface area contributed by atoms with Gasteiger partial charge in [-0.1, -0.05) is 17.7 Å². The van der Waals surface area contributed by atoms with E-state index in [1.807, 2.05) is 31.2 Å². The van der Waals surface area contributed by atoms with Crippen LogP contribution in [0.1, 0.15) is 11.1 Å². The van der Waals surface area contributed by atoms with Crippen LogP contribution < -0.4 is 15.0 Å². The second-order valence-electron chi connectivity index (χ2n) is 7.08. The lowest BCUT2D eigenvalue weighted by molar-refractivity contribution is 0.414. The summed E-state index contributed by atoms with van der Waals surface area (Å²) < 4.78 is 11.8. The van der Waals surface area contributed by atoms with E-state index in [-0.39, 0.29) is 11.4 Å². The Hall–Kier alpha value is -4.06. The smallest absolute Gasteiger partial charge is 0.265 e. The van der Waals surface area contributed by atoms with Crippen molar-refractivity contribution in [2.24, 2.45) is 4.99 Å². The number of pyridine rings is 1. The zero-order valence-corrected chi connectivity index (χ0v) is 17.5. The average Bonchev–Trinajstić information content (AvgIpc) is 2.80. The normalized spacial score (nSPS) is 11.2. The average molecular weight is 414 g/mol. The molecule has 6 nitrogen and oxygen atoms in total. The van der Waals surface area contributed by atoms with Crippen molar-refractivity contribution >= 4 is 22.7 Å². The van der Waals surface area contributed by atoms with Crippen LogP contribution in [0.25, 0.3) is 16.5 Å². The molecule has 0 fully saturated rings. The summed E-state index contributed by atoms with van der Waals surface area (Å²) in [6.45, 7) is 2.00. The molecule has 0 atom stereocenters. The number of benzene rings is 3. The SMILES string of the molecule is COc1ccc(-n2c(O)c(C=Nc3ccc(C)cc3)c3ccc(OC)cc3c2=O)cc1. The second-order valence-corrected chi connectivity index (χ2v) is 7.08. The summed E-state index contributed by atoms with van der Waals surface area (Å²) in [7, 11) is 3.12. The molecule has 0 radical (unpaired) electrons. The van der Waals surface area contributed by atoms with Crippen molar-refractivity contribution in [1.82, 2.24) is 4.57 Å². The molecule has 0 spiro atoms. The predicted molar refractivity (Wildman–Crippen MR) is 123 cm³/mol. The van der Waals surface area contributed by atoms with Crippen molar-refractivity contribution in [1.29, 1.82) is 0 Å². The molecule has 156 valence electrons. The highest BCUT2D eigenvalue weighted by molar-refractivity contribution is 6.02. The molecular formula is C25H22N2O4. The molecule has 4 rings (SSSR count). The first-order valence-electron chi connectivity index (χ1n) is 9.72. The third-order valence-electron chi connectivity index (χ3n) is 5.11. The maximum atomic E-state index is 13.3.